The Labute approximate surface area is 109 Å². The van der Waals surface area contributed by atoms with Gasteiger partial charge in [0.1, 0.15) is 0 Å². The minimum Gasteiger partial charge on any atom is -0.462 e. The highest BCUT2D eigenvalue weighted by Gasteiger charge is 2.06. The van der Waals surface area contributed by atoms with Crippen molar-refractivity contribution >= 4 is 5.97 Å². The average Bonchev–Trinajstić information content (AvgIpc) is 2.35. The number of rotatable bonds is 7. The van der Waals surface area contributed by atoms with Crippen molar-refractivity contribution in [2.75, 3.05) is 13.2 Å². The molecule has 0 heterocycles. The predicted octanol–water partition coefficient (Wildman–Crippen LogP) is 2.78. The first-order valence-electron chi connectivity index (χ1n) is 6.59. The van der Waals surface area contributed by atoms with Crippen molar-refractivity contribution in [3.63, 3.8) is 0 Å². The van der Waals surface area contributed by atoms with Crippen molar-refractivity contribution in [2.45, 2.75) is 33.1 Å². The summed E-state index contributed by atoms with van der Waals surface area (Å²) < 4.78 is 5.21. The molecule has 3 nitrogen and oxygen atoms in total. The van der Waals surface area contributed by atoms with E-state index in [1.165, 1.54) is 0 Å². The number of carbonyl (C=O) groups excluding carboxylic acids is 1. The minimum absolute atomic E-state index is 0.238. The number of benzene rings is 1. The molecule has 0 spiro atoms. The van der Waals surface area contributed by atoms with E-state index in [0.717, 1.165) is 24.8 Å². The van der Waals surface area contributed by atoms with Crippen LogP contribution in [0.1, 0.15) is 42.6 Å². The Balaban J connectivity index is 2.37. The van der Waals surface area contributed by atoms with E-state index < -0.39 is 0 Å². The molecular formula is C15H23NO2. The maximum atomic E-state index is 11.7. The molecule has 0 saturated carbocycles. The lowest BCUT2D eigenvalue weighted by Gasteiger charge is -2.07. The summed E-state index contributed by atoms with van der Waals surface area (Å²) in [6.07, 6.45) is 2.85. The third-order valence-electron chi connectivity index (χ3n) is 2.78. The second kappa shape index (κ2) is 7.88. The first kappa shape index (κ1) is 14.7. The highest BCUT2D eigenvalue weighted by Crippen LogP contribution is 2.08. The number of esters is 1. The lowest BCUT2D eigenvalue weighted by Crippen LogP contribution is -2.08. The Morgan fingerprint density at radius 2 is 1.94 bits per heavy atom. The van der Waals surface area contributed by atoms with E-state index in [1.54, 1.807) is 12.1 Å². The quantitative estimate of drug-likeness (QED) is 0.597. The van der Waals surface area contributed by atoms with Crippen molar-refractivity contribution < 1.29 is 9.53 Å². The van der Waals surface area contributed by atoms with Crippen LogP contribution in [0.2, 0.25) is 0 Å². The molecule has 100 valence electrons. The molecule has 0 fully saturated rings. The van der Waals surface area contributed by atoms with Gasteiger partial charge in [-0.3, -0.25) is 0 Å². The summed E-state index contributed by atoms with van der Waals surface area (Å²) in [6.45, 7) is 5.45. The fourth-order valence-corrected chi connectivity index (χ4v) is 1.71. The van der Waals surface area contributed by atoms with E-state index in [1.807, 2.05) is 12.1 Å². The Bertz CT molecular complexity index is 357. The van der Waals surface area contributed by atoms with E-state index in [9.17, 15) is 4.79 Å². The zero-order valence-electron chi connectivity index (χ0n) is 11.3. The number of hydrogen-bond donors (Lipinski definition) is 1. The van der Waals surface area contributed by atoms with E-state index >= 15 is 0 Å². The molecule has 1 aromatic rings. The molecule has 3 heteroatoms. The number of nitrogens with two attached hydrogens (primary N) is 1. The average molecular weight is 249 g/mol. The molecule has 1 aromatic carbocycles. The molecule has 0 aromatic heterocycles. The maximum Gasteiger partial charge on any atom is 0.338 e. The molecule has 0 aliphatic heterocycles. The topological polar surface area (TPSA) is 52.3 Å². The SMILES string of the molecule is CC(C)CCCOC(=O)c1ccc(CCN)cc1. The molecule has 0 bridgehead atoms. The summed E-state index contributed by atoms with van der Waals surface area (Å²) in [5.41, 5.74) is 7.23. The molecule has 0 radical (unpaired) electrons. The molecule has 0 aliphatic rings. The fourth-order valence-electron chi connectivity index (χ4n) is 1.71. The summed E-state index contributed by atoms with van der Waals surface area (Å²) in [7, 11) is 0. The summed E-state index contributed by atoms with van der Waals surface area (Å²) in [6, 6.07) is 7.46. The fraction of sp³-hybridized carbons (Fsp3) is 0.533. The van der Waals surface area contributed by atoms with Crippen LogP contribution >= 0.6 is 0 Å². The van der Waals surface area contributed by atoms with Gasteiger partial charge in [0.15, 0.2) is 0 Å². The Morgan fingerprint density at radius 1 is 1.28 bits per heavy atom. The van der Waals surface area contributed by atoms with Crippen LogP contribution in [0.4, 0.5) is 0 Å². The summed E-state index contributed by atoms with van der Waals surface area (Å²) in [4.78, 5) is 11.7. The van der Waals surface area contributed by atoms with Crippen molar-refractivity contribution in [3.05, 3.63) is 35.4 Å². The van der Waals surface area contributed by atoms with Gasteiger partial charge in [-0.05, 0) is 49.4 Å². The normalized spacial score (nSPS) is 10.7. The van der Waals surface area contributed by atoms with Gasteiger partial charge >= 0.3 is 5.97 Å². The molecule has 2 N–H and O–H groups in total. The lowest BCUT2D eigenvalue weighted by molar-refractivity contribution is 0.0495. The van der Waals surface area contributed by atoms with Crippen molar-refractivity contribution in [2.24, 2.45) is 11.7 Å². The van der Waals surface area contributed by atoms with Gasteiger partial charge < -0.3 is 10.5 Å². The predicted molar refractivity (Wildman–Crippen MR) is 73.6 cm³/mol. The number of hydrogen-bond acceptors (Lipinski definition) is 3. The van der Waals surface area contributed by atoms with E-state index in [2.05, 4.69) is 13.8 Å². The van der Waals surface area contributed by atoms with E-state index in [4.69, 9.17) is 10.5 Å². The van der Waals surface area contributed by atoms with Crippen LogP contribution in [0.25, 0.3) is 0 Å². The van der Waals surface area contributed by atoms with Crippen LogP contribution in [0.3, 0.4) is 0 Å². The smallest absolute Gasteiger partial charge is 0.338 e. The van der Waals surface area contributed by atoms with Gasteiger partial charge in [0.05, 0.1) is 12.2 Å². The maximum absolute atomic E-state index is 11.7. The third kappa shape index (κ3) is 5.32. The van der Waals surface area contributed by atoms with Crippen molar-refractivity contribution in [3.8, 4) is 0 Å². The van der Waals surface area contributed by atoms with Gasteiger partial charge in [-0.1, -0.05) is 26.0 Å². The van der Waals surface area contributed by atoms with Crippen LogP contribution in [0, 0.1) is 5.92 Å². The second-order valence-corrected chi connectivity index (χ2v) is 4.91. The summed E-state index contributed by atoms with van der Waals surface area (Å²) in [5.74, 6) is 0.414. The van der Waals surface area contributed by atoms with Gasteiger partial charge in [-0.25, -0.2) is 4.79 Å². The molecule has 0 atom stereocenters. The Morgan fingerprint density at radius 3 is 2.50 bits per heavy atom. The van der Waals surface area contributed by atoms with Crippen LogP contribution < -0.4 is 5.73 Å². The Kier molecular flexibility index (Phi) is 6.44. The molecule has 0 amide bonds. The van der Waals surface area contributed by atoms with Gasteiger partial charge in [0.25, 0.3) is 0 Å². The molecule has 0 aliphatic carbocycles. The highest BCUT2D eigenvalue weighted by atomic mass is 16.5. The largest absolute Gasteiger partial charge is 0.462 e. The van der Waals surface area contributed by atoms with Gasteiger partial charge in [0, 0.05) is 0 Å². The minimum atomic E-state index is -0.238. The summed E-state index contributed by atoms with van der Waals surface area (Å²) in [5, 5.41) is 0. The standard InChI is InChI=1S/C15H23NO2/c1-12(2)4-3-11-18-15(17)14-7-5-13(6-8-14)9-10-16/h5-8,12H,3-4,9-11,16H2,1-2H3. The second-order valence-electron chi connectivity index (χ2n) is 4.91. The van der Waals surface area contributed by atoms with Gasteiger partial charge in [0.2, 0.25) is 0 Å². The number of carbonyl (C=O) groups is 1. The molecule has 0 saturated heterocycles. The first-order chi connectivity index (χ1) is 8.63. The molecular weight excluding hydrogens is 226 g/mol. The van der Waals surface area contributed by atoms with Crippen LogP contribution in [0.5, 0.6) is 0 Å². The van der Waals surface area contributed by atoms with Crippen LogP contribution in [-0.2, 0) is 11.2 Å². The van der Waals surface area contributed by atoms with Crippen LogP contribution in [0.15, 0.2) is 24.3 Å². The highest BCUT2D eigenvalue weighted by molar-refractivity contribution is 5.89. The van der Waals surface area contributed by atoms with E-state index in [0.29, 0.717) is 24.6 Å². The molecule has 0 unspecified atom stereocenters. The van der Waals surface area contributed by atoms with Crippen LogP contribution in [-0.4, -0.2) is 19.1 Å². The van der Waals surface area contributed by atoms with Crippen molar-refractivity contribution in [1.29, 1.82) is 0 Å². The summed E-state index contributed by atoms with van der Waals surface area (Å²) >= 11 is 0. The third-order valence-corrected chi connectivity index (χ3v) is 2.78. The number of ether oxygens (including phenoxy) is 1. The monoisotopic (exact) mass is 249 g/mol. The van der Waals surface area contributed by atoms with E-state index in [-0.39, 0.29) is 5.97 Å². The Hall–Kier alpha value is -1.35. The molecule has 1 rings (SSSR count). The zero-order chi connectivity index (χ0) is 13.4. The van der Waals surface area contributed by atoms with Crippen molar-refractivity contribution in [1.82, 2.24) is 0 Å². The van der Waals surface area contributed by atoms with Gasteiger partial charge in [-0.2, -0.15) is 0 Å². The zero-order valence-corrected chi connectivity index (χ0v) is 11.3. The van der Waals surface area contributed by atoms with Gasteiger partial charge in [-0.15, -0.1) is 0 Å². The lowest BCUT2D eigenvalue weighted by atomic mass is 10.1. The first-order valence-corrected chi connectivity index (χ1v) is 6.59. The molecule has 18 heavy (non-hydrogen) atoms.